The molecule has 1 heterocycles. The minimum Gasteiger partial charge on any atom is -0.299 e. The molecular weight excluding hydrogens is 214 g/mol. The number of hydrogen-bond donors (Lipinski definition) is 1. The zero-order chi connectivity index (χ0) is 11.0. The highest BCUT2D eigenvalue weighted by molar-refractivity contribution is 7.99. The summed E-state index contributed by atoms with van der Waals surface area (Å²) in [5.74, 6) is 2.16. The summed E-state index contributed by atoms with van der Waals surface area (Å²) in [4.78, 5) is 0. The van der Waals surface area contributed by atoms with Gasteiger partial charge in [0.05, 0.1) is 5.37 Å². The monoisotopic (exact) mass is 233 g/mol. The van der Waals surface area contributed by atoms with Crippen LogP contribution in [0.15, 0.2) is 24.3 Å². The maximum Gasteiger partial charge on any atom is 0.0791 e. The molecular formula is C14H19NS. The highest BCUT2D eigenvalue weighted by Gasteiger charge is 2.24. The standard InChI is InChI=1S/C14H19NS/c1-10-8-9-16-14(15-10)13-6-4-12(5-7-13)11-2-3-11/h4-7,10-11,14-15H,2-3,8-9H2,1H3. The first-order chi connectivity index (χ1) is 7.83. The van der Waals surface area contributed by atoms with Crippen molar-refractivity contribution >= 4 is 11.8 Å². The number of rotatable bonds is 2. The van der Waals surface area contributed by atoms with Crippen LogP contribution in [0.2, 0.25) is 0 Å². The molecule has 2 aliphatic rings. The van der Waals surface area contributed by atoms with E-state index >= 15 is 0 Å². The molecule has 0 radical (unpaired) electrons. The lowest BCUT2D eigenvalue weighted by atomic mass is 10.1. The summed E-state index contributed by atoms with van der Waals surface area (Å²) >= 11 is 2.04. The molecule has 16 heavy (non-hydrogen) atoms. The molecule has 0 spiro atoms. The zero-order valence-corrected chi connectivity index (χ0v) is 10.6. The number of hydrogen-bond acceptors (Lipinski definition) is 2. The fraction of sp³-hybridized carbons (Fsp3) is 0.571. The fourth-order valence-electron chi connectivity index (χ4n) is 2.30. The summed E-state index contributed by atoms with van der Waals surface area (Å²) < 4.78 is 0. The van der Waals surface area contributed by atoms with Gasteiger partial charge in [0.1, 0.15) is 0 Å². The summed E-state index contributed by atoms with van der Waals surface area (Å²) in [5, 5.41) is 4.17. The third-order valence-corrected chi connectivity index (χ3v) is 4.77. The van der Waals surface area contributed by atoms with Crippen LogP contribution in [0.25, 0.3) is 0 Å². The Morgan fingerprint density at radius 3 is 2.38 bits per heavy atom. The Bertz CT molecular complexity index is 356. The third-order valence-electron chi connectivity index (χ3n) is 3.56. The van der Waals surface area contributed by atoms with E-state index < -0.39 is 0 Å². The van der Waals surface area contributed by atoms with Gasteiger partial charge in [-0.3, -0.25) is 5.32 Å². The van der Waals surface area contributed by atoms with Crippen LogP contribution in [0.1, 0.15) is 48.6 Å². The molecule has 1 nitrogen and oxygen atoms in total. The molecule has 1 N–H and O–H groups in total. The summed E-state index contributed by atoms with van der Waals surface area (Å²) in [7, 11) is 0. The van der Waals surface area contributed by atoms with E-state index in [0.717, 1.165) is 5.92 Å². The molecule has 2 fully saturated rings. The smallest absolute Gasteiger partial charge is 0.0791 e. The molecule has 86 valence electrons. The van der Waals surface area contributed by atoms with Crippen molar-refractivity contribution in [3.63, 3.8) is 0 Å². The zero-order valence-electron chi connectivity index (χ0n) is 9.78. The van der Waals surface area contributed by atoms with Crippen LogP contribution in [0, 0.1) is 0 Å². The highest BCUT2D eigenvalue weighted by atomic mass is 32.2. The normalized spacial score (nSPS) is 30.3. The lowest BCUT2D eigenvalue weighted by Gasteiger charge is -2.28. The third kappa shape index (κ3) is 2.28. The Kier molecular flexibility index (Phi) is 2.95. The Labute approximate surface area is 102 Å². The molecule has 2 heteroatoms. The second-order valence-corrected chi connectivity index (χ2v) is 6.26. The summed E-state index contributed by atoms with van der Waals surface area (Å²) in [6, 6.07) is 9.95. The van der Waals surface area contributed by atoms with Crippen LogP contribution in [-0.4, -0.2) is 11.8 Å². The Hall–Kier alpha value is -0.470. The van der Waals surface area contributed by atoms with E-state index in [0.29, 0.717) is 11.4 Å². The number of thioether (sulfide) groups is 1. The van der Waals surface area contributed by atoms with Gasteiger partial charge in [0.25, 0.3) is 0 Å². The van der Waals surface area contributed by atoms with Gasteiger partial charge in [0.2, 0.25) is 0 Å². The molecule has 2 unspecified atom stereocenters. The van der Waals surface area contributed by atoms with E-state index in [9.17, 15) is 0 Å². The van der Waals surface area contributed by atoms with Gasteiger partial charge in [-0.1, -0.05) is 24.3 Å². The molecule has 0 amide bonds. The van der Waals surface area contributed by atoms with Crippen LogP contribution in [-0.2, 0) is 0 Å². The first-order valence-electron chi connectivity index (χ1n) is 6.30. The van der Waals surface area contributed by atoms with Gasteiger partial charge < -0.3 is 0 Å². The van der Waals surface area contributed by atoms with E-state index in [1.54, 1.807) is 0 Å². The first-order valence-corrected chi connectivity index (χ1v) is 7.35. The maximum absolute atomic E-state index is 3.66. The van der Waals surface area contributed by atoms with E-state index in [-0.39, 0.29) is 0 Å². The Morgan fingerprint density at radius 1 is 1.06 bits per heavy atom. The van der Waals surface area contributed by atoms with Crippen molar-refractivity contribution in [2.24, 2.45) is 0 Å². The number of nitrogens with one attached hydrogen (secondary N) is 1. The molecule has 1 aliphatic heterocycles. The van der Waals surface area contributed by atoms with Gasteiger partial charge in [-0.25, -0.2) is 0 Å². The van der Waals surface area contributed by atoms with Crippen molar-refractivity contribution in [1.29, 1.82) is 0 Å². The van der Waals surface area contributed by atoms with Gasteiger partial charge >= 0.3 is 0 Å². The van der Waals surface area contributed by atoms with E-state index in [2.05, 4.69) is 36.5 Å². The lowest BCUT2D eigenvalue weighted by Crippen LogP contribution is -2.33. The second kappa shape index (κ2) is 4.42. The maximum atomic E-state index is 3.66. The highest BCUT2D eigenvalue weighted by Crippen LogP contribution is 2.40. The van der Waals surface area contributed by atoms with Crippen molar-refractivity contribution in [1.82, 2.24) is 5.32 Å². The fourth-order valence-corrected chi connectivity index (χ4v) is 3.71. The van der Waals surface area contributed by atoms with Crippen molar-refractivity contribution in [2.45, 2.75) is 43.5 Å². The summed E-state index contributed by atoms with van der Waals surface area (Å²) in [6.45, 7) is 2.28. The van der Waals surface area contributed by atoms with E-state index in [1.165, 1.54) is 36.1 Å². The van der Waals surface area contributed by atoms with Gasteiger partial charge in [0.15, 0.2) is 0 Å². The van der Waals surface area contributed by atoms with Crippen LogP contribution in [0.5, 0.6) is 0 Å². The molecule has 3 rings (SSSR count). The average molecular weight is 233 g/mol. The minimum absolute atomic E-state index is 0.511. The molecule has 1 saturated carbocycles. The van der Waals surface area contributed by atoms with Crippen molar-refractivity contribution in [2.75, 3.05) is 5.75 Å². The quantitative estimate of drug-likeness (QED) is 0.836. The first kappa shape index (κ1) is 10.7. The SMILES string of the molecule is CC1CCSC(c2ccc(C3CC3)cc2)N1. The predicted molar refractivity (Wildman–Crippen MR) is 70.8 cm³/mol. The molecule has 0 bridgehead atoms. The van der Waals surface area contributed by atoms with Gasteiger partial charge in [-0.2, -0.15) is 0 Å². The molecule has 2 atom stereocenters. The summed E-state index contributed by atoms with van der Waals surface area (Å²) in [5.41, 5.74) is 2.98. The van der Waals surface area contributed by atoms with Crippen LogP contribution >= 0.6 is 11.8 Å². The van der Waals surface area contributed by atoms with E-state index in [4.69, 9.17) is 0 Å². The predicted octanol–water partition coefficient (Wildman–Crippen LogP) is 3.68. The topological polar surface area (TPSA) is 12.0 Å². The molecule has 1 aliphatic carbocycles. The van der Waals surface area contributed by atoms with Gasteiger partial charge in [-0.15, -0.1) is 11.8 Å². The van der Waals surface area contributed by atoms with Crippen LogP contribution in [0.4, 0.5) is 0 Å². The minimum atomic E-state index is 0.511. The molecule has 1 saturated heterocycles. The molecule has 1 aromatic carbocycles. The summed E-state index contributed by atoms with van der Waals surface area (Å²) in [6.07, 6.45) is 4.08. The average Bonchev–Trinajstić information content (AvgIpc) is 3.13. The lowest BCUT2D eigenvalue weighted by molar-refractivity contribution is 0.512. The largest absolute Gasteiger partial charge is 0.299 e. The molecule has 0 aromatic heterocycles. The van der Waals surface area contributed by atoms with Crippen LogP contribution < -0.4 is 5.32 Å². The van der Waals surface area contributed by atoms with Crippen LogP contribution in [0.3, 0.4) is 0 Å². The van der Waals surface area contributed by atoms with E-state index in [1.807, 2.05) is 11.8 Å². The molecule has 1 aromatic rings. The van der Waals surface area contributed by atoms with Crippen molar-refractivity contribution in [3.8, 4) is 0 Å². The second-order valence-electron chi connectivity index (χ2n) is 5.05. The Morgan fingerprint density at radius 2 is 1.75 bits per heavy atom. The van der Waals surface area contributed by atoms with Gasteiger partial charge in [-0.05, 0) is 49.0 Å². The van der Waals surface area contributed by atoms with Gasteiger partial charge in [0, 0.05) is 6.04 Å². The number of benzene rings is 1. The Balaban J connectivity index is 1.72. The van der Waals surface area contributed by atoms with Crippen molar-refractivity contribution in [3.05, 3.63) is 35.4 Å². The van der Waals surface area contributed by atoms with Crippen molar-refractivity contribution < 1.29 is 0 Å².